The van der Waals surface area contributed by atoms with Crippen LogP contribution in [0, 0.1) is 0 Å². The minimum absolute atomic E-state index is 0.0753. The molecule has 0 bridgehead atoms. The van der Waals surface area contributed by atoms with E-state index in [2.05, 4.69) is 31.2 Å². The van der Waals surface area contributed by atoms with Gasteiger partial charge in [0.1, 0.15) is 23.1 Å². The predicted octanol–water partition coefficient (Wildman–Crippen LogP) is 4.27. The van der Waals surface area contributed by atoms with E-state index >= 15 is 0 Å². The van der Waals surface area contributed by atoms with Gasteiger partial charge in [-0.05, 0) is 37.0 Å². The van der Waals surface area contributed by atoms with E-state index in [4.69, 9.17) is 8.83 Å². The number of pyridine rings is 1. The maximum atomic E-state index is 13.7. The second kappa shape index (κ2) is 7.38. The highest BCUT2D eigenvalue weighted by Crippen LogP contribution is 2.50. The summed E-state index contributed by atoms with van der Waals surface area (Å²) in [4.78, 5) is 27.5. The zero-order chi connectivity index (χ0) is 22.6. The van der Waals surface area contributed by atoms with Crippen molar-refractivity contribution in [2.75, 3.05) is 6.54 Å². The van der Waals surface area contributed by atoms with Crippen molar-refractivity contribution >= 4 is 16.9 Å². The monoisotopic (exact) mass is 452 g/mol. The molecule has 1 aliphatic heterocycles. The molecule has 34 heavy (non-hydrogen) atoms. The number of nitrogens with zero attached hydrogens (tertiary/aromatic N) is 5. The molecule has 1 fully saturated rings. The van der Waals surface area contributed by atoms with Crippen molar-refractivity contribution in [1.29, 1.82) is 0 Å². The van der Waals surface area contributed by atoms with Crippen LogP contribution in [-0.2, 0) is 6.42 Å². The van der Waals surface area contributed by atoms with Crippen molar-refractivity contribution in [3.05, 3.63) is 83.6 Å². The van der Waals surface area contributed by atoms with Crippen LogP contribution in [0.1, 0.15) is 58.2 Å². The zero-order valence-electron chi connectivity index (χ0n) is 18.1. The Labute approximate surface area is 193 Å². The molecule has 2 aliphatic rings. The molecule has 0 radical (unpaired) electrons. The Kier molecular flexibility index (Phi) is 4.17. The first-order chi connectivity index (χ1) is 16.8. The van der Waals surface area contributed by atoms with Crippen LogP contribution in [-0.4, -0.2) is 42.5 Å². The van der Waals surface area contributed by atoms with Crippen LogP contribution in [0.2, 0.25) is 0 Å². The first-order valence-corrected chi connectivity index (χ1v) is 11.4. The molecule has 1 aliphatic carbocycles. The molecule has 5 aromatic rings. The highest BCUT2D eigenvalue weighted by atomic mass is 16.4. The molecule has 1 saturated carbocycles. The van der Waals surface area contributed by atoms with Crippen LogP contribution in [0.15, 0.2) is 63.8 Å². The van der Waals surface area contributed by atoms with Gasteiger partial charge in [-0.1, -0.05) is 24.3 Å². The highest BCUT2D eigenvalue weighted by molar-refractivity contribution is 5.91. The number of aromatic amines is 1. The number of hydrogen-bond acceptors (Lipinski definition) is 7. The Morgan fingerprint density at radius 1 is 1.03 bits per heavy atom. The van der Waals surface area contributed by atoms with E-state index in [1.807, 2.05) is 24.3 Å². The number of imidazole rings is 1. The number of carbonyl (C=O) groups excluding carboxylic acids is 1. The minimum atomic E-state index is -0.476. The van der Waals surface area contributed by atoms with Gasteiger partial charge in [-0.15, -0.1) is 10.2 Å². The molecule has 7 rings (SSSR count). The van der Waals surface area contributed by atoms with Gasteiger partial charge in [0.05, 0.1) is 12.0 Å². The summed E-state index contributed by atoms with van der Waals surface area (Å²) in [7, 11) is 0. The zero-order valence-corrected chi connectivity index (χ0v) is 18.1. The SMILES string of the molecule is O=C(c1nnc(-c2ccccn2)o1)N1CCc2[nH]cnc2[C@@H]1c1oc2ccccc2c1C1CC1. The highest BCUT2D eigenvalue weighted by Gasteiger charge is 2.42. The van der Waals surface area contributed by atoms with Crippen LogP contribution in [0.5, 0.6) is 0 Å². The molecular weight excluding hydrogens is 432 g/mol. The van der Waals surface area contributed by atoms with E-state index in [0.717, 1.165) is 41.0 Å². The quantitative estimate of drug-likeness (QED) is 0.433. The maximum Gasteiger partial charge on any atom is 0.312 e. The summed E-state index contributed by atoms with van der Waals surface area (Å²) in [5.41, 5.74) is 4.33. The van der Waals surface area contributed by atoms with Gasteiger partial charge in [-0.3, -0.25) is 9.78 Å². The van der Waals surface area contributed by atoms with Crippen LogP contribution < -0.4 is 0 Å². The number of aromatic nitrogens is 5. The van der Waals surface area contributed by atoms with Crippen molar-refractivity contribution in [3.8, 4) is 11.6 Å². The van der Waals surface area contributed by atoms with Gasteiger partial charge < -0.3 is 18.7 Å². The van der Waals surface area contributed by atoms with Gasteiger partial charge in [-0.25, -0.2) is 4.98 Å². The number of hydrogen-bond donors (Lipinski definition) is 1. The lowest BCUT2D eigenvalue weighted by molar-refractivity contribution is 0.0631. The van der Waals surface area contributed by atoms with E-state index in [1.54, 1.807) is 29.6 Å². The number of benzene rings is 1. The number of para-hydroxylation sites is 1. The molecule has 9 heteroatoms. The molecule has 5 heterocycles. The molecule has 168 valence electrons. The van der Waals surface area contributed by atoms with Crippen molar-refractivity contribution in [1.82, 2.24) is 30.0 Å². The molecule has 9 nitrogen and oxygen atoms in total. The van der Waals surface area contributed by atoms with Crippen LogP contribution in [0.4, 0.5) is 0 Å². The number of furan rings is 1. The number of nitrogens with one attached hydrogen (secondary N) is 1. The molecule has 1 atom stereocenters. The van der Waals surface area contributed by atoms with Crippen molar-refractivity contribution in [2.45, 2.75) is 31.2 Å². The fourth-order valence-electron chi connectivity index (χ4n) is 4.87. The van der Waals surface area contributed by atoms with Gasteiger partial charge in [0, 0.05) is 35.8 Å². The molecular formula is C25H20N6O3. The molecule has 4 aromatic heterocycles. The lowest BCUT2D eigenvalue weighted by atomic mass is 9.95. The maximum absolute atomic E-state index is 13.7. The first-order valence-electron chi connectivity index (χ1n) is 11.4. The average Bonchev–Trinajstić information content (AvgIpc) is 3.27. The minimum Gasteiger partial charge on any atom is -0.458 e. The van der Waals surface area contributed by atoms with Gasteiger partial charge in [0.2, 0.25) is 0 Å². The second-order valence-electron chi connectivity index (χ2n) is 8.70. The molecule has 1 aromatic carbocycles. The normalized spacial score (nSPS) is 17.8. The second-order valence-corrected chi connectivity index (χ2v) is 8.70. The van der Waals surface area contributed by atoms with Gasteiger partial charge in [0.15, 0.2) is 0 Å². The lowest BCUT2D eigenvalue weighted by Gasteiger charge is -2.33. The Morgan fingerprint density at radius 3 is 2.76 bits per heavy atom. The summed E-state index contributed by atoms with van der Waals surface area (Å²) in [6, 6.07) is 13.0. The average molecular weight is 452 g/mol. The fourth-order valence-corrected chi connectivity index (χ4v) is 4.87. The number of carbonyl (C=O) groups is 1. The summed E-state index contributed by atoms with van der Waals surface area (Å²) in [6.45, 7) is 0.473. The van der Waals surface area contributed by atoms with Crippen LogP contribution >= 0.6 is 0 Å². The Bertz CT molecular complexity index is 1510. The molecule has 0 spiro atoms. The summed E-state index contributed by atoms with van der Waals surface area (Å²) in [5, 5.41) is 9.20. The van der Waals surface area contributed by atoms with Gasteiger partial charge >= 0.3 is 11.8 Å². The number of rotatable bonds is 4. The smallest absolute Gasteiger partial charge is 0.312 e. The number of fused-ring (bicyclic) bond motifs is 2. The lowest BCUT2D eigenvalue weighted by Crippen LogP contribution is -2.41. The molecule has 1 N–H and O–H groups in total. The fraction of sp³-hybridized carbons (Fsp3) is 0.240. The van der Waals surface area contributed by atoms with E-state index in [9.17, 15) is 4.79 Å². The van der Waals surface area contributed by atoms with E-state index in [-0.39, 0.29) is 17.7 Å². The first kappa shape index (κ1) is 19.2. The Morgan fingerprint density at radius 2 is 1.91 bits per heavy atom. The van der Waals surface area contributed by atoms with Crippen molar-refractivity contribution < 1.29 is 13.6 Å². The third kappa shape index (κ3) is 2.97. The van der Waals surface area contributed by atoms with E-state index in [1.165, 1.54) is 5.56 Å². The number of amides is 1. The topological polar surface area (TPSA) is 114 Å². The third-order valence-corrected chi connectivity index (χ3v) is 6.57. The molecule has 0 unspecified atom stereocenters. The van der Waals surface area contributed by atoms with Gasteiger partial charge in [-0.2, -0.15) is 0 Å². The van der Waals surface area contributed by atoms with Crippen molar-refractivity contribution in [2.24, 2.45) is 0 Å². The van der Waals surface area contributed by atoms with E-state index < -0.39 is 6.04 Å². The predicted molar refractivity (Wildman–Crippen MR) is 121 cm³/mol. The van der Waals surface area contributed by atoms with Crippen LogP contribution in [0.25, 0.3) is 22.6 Å². The largest absolute Gasteiger partial charge is 0.458 e. The Balaban J connectivity index is 1.34. The Hall–Kier alpha value is -4.27. The van der Waals surface area contributed by atoms with Crippen molar-refractivity contribution in [3.63, 3.8) is 0 Å². The van der Waals surface area contributed by atoms with Crippen LogP contribution in [0.3, 0.4) is 0 Å². The summed E-state index contributed by atoms with van der Waals surface area (Å²) in [5.74, 6) is 0.985. The standard InChI is InChI=1S/C25H20N6O3/c32-25(24-30-29-23(34-24)17-6-3-4-11-26-17)31-12-10-16-20(28-13-27-16)21(31)22-19(14-8-9-14)15-5-1-2-7-18(15)33-22/h1-7,11,13-14,21H,8-10,12H2,(H,27,28)/t21-/m1/s1. The van der Waals surface area contributed by atoms with E-state index in [0.29, 0.717) is 24.6 Å². The van der Waals surface area contributed by atoms with Gasteiger partial charge in [0.25, 0.3) is 5.89 Å². The number of H-pyrrole nitrogens is 1. The summed E-state index contributed by atoms with van der Waals surface area (Å²) in [6.07, 6.45) is 6.19. The summed E-state index contributed by atoms with van der Waals surface area (Å²) >= 11 is 0. The summed E-state index contributed by atoms with van der Waals surface area (Å²) < 4.78 is 12.2. The molecule has 1 amide bonds. The molecule has 0 saturated heterocycles. The third-order valence-electron chi connectivity index (χ3n) is 6.57.